The molecule has 1 aliphatic rings. The Labute approximate surface area is 141 Å². The van der Waals surface area contributed by atoms with Gasteiger partial charge >= 0.3 is 0 Å². The second-order valence-electron chi connectivity index (χ2n) is 6.10. The minimum Gasteiger partial charge on any atom is -0.497 e. The lowest BCUT2D eigenvalue weighted by atomic mass is 10.0. The molecule has 128 valence electrons. The van der Waals surface area contributed by atoms with E-state index in [0.717, 1.165) is 36.5 Å². The number of benzene rings is 1. The van der Waals surface area contributed by atoms with Crippen molar-refractivity contribution in [1.82, 2.24) is 20.3 Å². The Morgan fingerprint density at radius 1 is 1.25 bits per heavy atom. The molecule has 7 heteroatoms. The van der Waals surface area contributed by atoms with E-state index in [9.17, 15) is 4.79 Å². The number of nitrogens with one attached hydrogen (secondary N) is 1. The van der Waals surface area contributed by atoms with Crippen LogP contribution in [0, 0.1) is 0 Å². The lowest BCUT2D eigenvalue weighted by Crippen LogP contribution is -2.24. The van der Waals surface area contributed by atoms with E-state index >= 15 is 0 Å². The summed E-state index contributed by atoms with van der Waals surface area (Å²) in [5.74, 6) is 0.197. The Morgan fingerprint density at radius 2 is 2.00 bits per heavy atom. The fourth-order valence-corrected chi connectivity index (χ4v) is 3.18. The van der Waals surface area contributed by atoms with Gasteiger partial charge in [-0.25, -0.2) is 0 Å². The average Bonchev–Trinajstić information content (AvgIpc) is 2.93. The van der Waals surface area contributed by atoms with E-state index in [2.05, 4.69) is 20.3 Å². The van der Waals surface area contributed by atoms with Crippen LogP contribution >= 0.6 is 0 Å². The van der Waals surface area contributed by atoms with Gasteiger partial charge in [0, 0.05) is 12.1 Å². The number of aromatic amines is 1. The number of aromatic nitrogens is 3. The number of hydrogen-bond donors (Lipinski definition) is 2. The van der Waals surface area contributed by atoms with Crippen LogP contribution in [0.5, 0.6) is 5.75 Å². The monoisotopic (exact) mass is 329 g/mol. The van der Waals surface area contributed by atoms with Crippen molar-refractivity contribution in [3.63, 3.8) is 0 Å². The predicted molar refractivity (Wildman–Crippen MR) is 90.6 cm³/mol. The van der Waals surface area contributed by atoms with Gasteiger partial charge in [0.25, 0.3) is 5.91 Å². The van der Waals surface area contributed by atoms with Gasteiger partial charge in [-0.05, 0) is 49.7 Å². The van der Waals surface area contributed by atoms with Crippen LogP contribution in [0.2, 0.25) is 0 Å². The van der Waals surface area contributed by atoms with E-state index in [0.29, 0.717) is 5.69 Å². The standard InChI is InChI=1S/C17H23N5O2/c1-24-13-6-7-14(15-16(17(18)23)20-21-19-15)12(10-13)11-22-8-4-2-3-5-9-22/h6-7,10H,2-5,8-9,11H2,1H3,(H2,18,23)(H,19,20,21). The van der Waals surface area contributed by atoms with E-state index in [4.69, 9.17) is 10.5 Å². The summed E-state index contributed by atoms with van der Waals surface area (Å²) in [7, 11) is 1.65. The number of amides is 1. The normalized spacial score (nSPS) is 15.9. The van der Waals surface area contributed by atoms with Gasteiger partial charge in [0.1, 0.15) is 11.4 Å². The number of rotatable bonds is 5. The third-order valence-corrected chi connectivity index (χ3v) is 4.44. The fourth-order valence-electron chi connectivity index (χ4n) is 3.18. The van der Waals surface area contributed by atoms with Crippen molar-refractivity contribution in [3.05, 3.63) is 29.5 Å². The van der Waals surface area contributed by atoms with Gasteiger partial charge in [-0.3, -0.25) is 9.69 Å². The second kappa shape index (κ2) is 7.44. The number of likely N-dealkylation sites (tertiary alicyclic amines) is 1. The molecule has 24 heavy (non-hydrogen) atoms. The summed E-state index contributed by atoms with van der Waals surface area (Å²) in [6.07, 6.45) is 5.01. The maximum absolute atomic E-state index is 11.6. The van der Waals surface area contributed by atoms with Crippen LogP contribution in [-0.4, -0.2) is 46.4 Å². The molecule has 0 aliphatic carbocycles. The predicted octanol–water partition coefficient (Wildman–Crippen LogP) is 1.96. The van der Waals surface area contributed by atoms with Crippen molar-refractivity contribution in [2.75, 3.05) is 20.2 Å². The Bertz CT molecular complexity index is 705. The summed E-state index contributed by atoms with van der Waals surface area (Å²) in [5, 5.41) is 10.5. The van der Waals surface area contributed by atoms with Gasteiger partial charge < -0.3 is 10.5 Å². The highest BCUT2D eigenvalue weighted by atomic mass is 16.5. The number of primary amides is 1. The summed E-state index contributed by atoms with van der Waals surface area (Å²) in [6.45, 7) is 2.95. The second-order valence-corrected chi connectivity index (χ2v) is 6.10. The highest BCUT2D eigenvalue weighted by molar-refractivity contribution is 5.97. The van der Waals surface area contributed by atoms with Gasteiger partial charge in [0.05, 0.1) is 7.11 Å². The van der Waals surface area contributed by atoms with E-state index in [1.54, 1.807) is 7.11 Å². The smallest absolute Gasteiger partial charge is 0.271 e. The molecule has 1 fully saturated rings. The SMILES string of the molecule is COc1ccc(-c2n[nH]nc2C(N)=O)c(CN2CCCCCC2)c1. The molecule has 1 aromatic heterocycles. The number of methoxy groups -OCH3 is 1. The lowest BCUT2D eigenvalue weighted by molar-refractivity contribution is 0.0996. The molecular weight excluding hydrogens is 306 g/mol. The fraction of sp³-hybridized carbons (Fsp3) is 0.471. The largest absolute Gasteiger partial charge is 0.497 e. The number of carbonyl (C=O) groups excluding carboxylic acids is 1. The number of H-pyrrole nitrogens is 1. The highest BCUT2D eigenvalue weighted by Crippen LogP contribution is 2.29. The van der Waals surface area contributed by atoms with Crippen LogP contribution in [0.4, 0.5) is 0 Å². The molecule has 0 unspecified atom stereocenters. The number of ether oxygens (including phenoxy) is 1. The van der Waals surface area contributed by atoms with Crippen molar-refractivity contribution in [2.45, 2.75) is 32.2 Å². The third-order valence-electron chi connectivity index (χ3n) is 4.44. The molecule has 1 saturated heterocycles. The molecule has 7 nitrogen and oxygen atoms in total. The van der Waals surface area contributed by atoms with Crippen molar-refractivity contribution in [1.29, 1.82) is 0 Å². The summed E-state index contributed by atoms with van der Waals surface area (Å²) >= 11 is 0. The summed E-state index contributed by atoms with van der Waals surface area (Å²) in [6, 6.07) is 5.77. The first-order valence-electron chi connectivity index (χ1n) is 8.29. The third kappa shape index (κ3) is 3.56. The van der Waals surface area contributed by atoms with Crippen LogP contribution in [0.3, 0.4) is 0 Å². The maximum atomic E-state index is 11.6. The Balaban J connectivity index is 1.96. The number of nitrogens with zero attached hydrogens (tertiary/aromatic N) is 3. The molecule has 3 N–H and O–H groups in total. The zero-order valence-corrected chi connectivity index (χ0v) is 13.9. The van der Waals surface area contributed by atoms with Crippen LogP contribution in [0.15, 0.2) is 18.2 Å². The number of carbonyl (C=O) groups is 1. The zero-order chi connectivity index (χ0) is 16.9. The van der Waals surface area contributed by atoms with Crippen molar-refractivity contribution in [3.8, 4) is 17.0 Å². The number of hydrogen-bond acceptors (Lipinski definition) is 5. The molecule has 0 radical (unpaired) electrons. The molecule has 0 bridgehead atoms. The molecule has 1 amide bonds. The van der Waals surface area contributed by atoms with Gasteiger partial charge in [-0.2, -0.15) is 15.4 Å². The highest BCUT2D eigenvalue weighted by Gasteiger charge is 2.20. The van der Waals surface area contributed by atoms with Crippen molar-refractivity contribution < 1.29 is 9.53 Å². The van der Waals surface area contributed by atoms with E-state index in [-0.39, 0.29) is 5.69 Å². The molecule has 3 rings (SSSR count). The molecule has 0 atom stereocenters. The van der Waals surface area contributed by atoms with Crippen molar-refractivity contribution in [2.24, 2.45) is 5.73 Å². The number of nitrogens with two attached hydrogens (primary N) is 1. The summed E-state index contributed by atoms with van der Waals surface area (Å²) in [5.41, 5.74) is 8.00. The summed E-state index contributed by atoms with van der Waals surface area (Å²) in [4.78, 5) is 14.0. The van der Waals surface area contributed by atoms with Gasteiger partial charge in [0.2, 0.25) is 0 Å². The van der Waals surface area contributed by atoms with E-state index in [1.165, 1.54) is 25.7 Å². The van der Waals surface area contributed by atoms with Crippen molar-refractivity contribution >= 4 is 5.91 Å². The summed E-state index contributed by atoms with van der Waals surface area (Å²) < 4.78 is 5.36. The lowest BCUT2D eigenvalue weighted by Gasteiger charge is -2.21. The van der Waals surface area contributed by atoms with E-state index < -0.39 is 5.91 Å². The Hall–Kier alpha value is -2.41. The molecule has 0 saturated carbocycles. The first kappa shape index (κ1) is 16.4. The Morgan fingerprint density at radius 3 is 2.67 bits per heavy atom. The van der Waals surface area contributed by atoms with Gasteiger partial charge in [-0.15, -0.1) is 0 Å². The molecule has 1 aliphatic heterocycles. The van der Waals surface area contributed by atoms with E-state index in [1.807, 2.05) is 18.2 Å². The minimum atomic E-state index is -0.588. The average molecular weight is 329 g/mol. The molecule has 1 aromatic carbocycles. The molecule has 2 aromatic rings. The molecule has 0 spiro atoms. The molecule has 2 heterocycles. The Kier molecular flexibility index (Phi) is 5.10. The first-order chi connectivity index (χ1) is 11.7. The molecular formula is C17H23N5O2. The maximum Gasteiger partial charge on any atom is 0.271 e. The van der Waals surface area contributed by atoms with Crippen LogP contribution in [-0.2, 0) is 6.54 Å². The minimum absolute atomic E-state index is 0.164. The zero-order valence-electron chi connectivity index (χ0n) is 13.9. The topological polar surface area (TPSA) is 97.1 Å². The van der Waals surface area contributed by atoms with Crippen LogP contribution < -0.4 is 10.5 Å². The first-order valence-corrected chi connectivity index (χ1v) is 8.29. The van der Waals surface area contributed by atoms with Gasteiger partial charge in [-0.1, -0.05) is 12.8 Å². The van der Waals surface area contributed by atoms with Crippen LogP contribution in [0.25, 0.3) is 11.3 Å². The quantitative estimate of drug-likeness (QED) is 0.874. The van der Waals surface area contributed by atoms with Gasteiger partial charge in [0.15, 0.2) is 5.69 Å². The van der Waals surface area contributed by atoms with Crippen LogP contribution in [0.1, 0.15) is 41.7 Å².